The van der Waals surface area contributed by atoms with E-state index < -0.39 is 11.6 Å². The number of ketones is 1. The van der Waals surface area contributed by atoms with Crippen molar-refractivity contribution in [2.24, 2.45) is 11.8 Å². The van der Waals surface area contributed by atoms with Gasteiger partial charge in [0.25, 0.3) is 5.91 Å². The van der Waals surface area contributed by atoms with Crippen molar-refractivity contribution in [1.29, 1.82) is 0 Å². The lowest BCUT2D eigenvalue weighted by molar-refractivity contribution is -0.136. The van der Waals surface area contributed by atoms with Crippen LogP contribution in [0.5, 0.6) is 0 Å². The van der Waals surface area contributed by atoms with Gasteiger partial charge in [-0.25, -0.2) is 4.79 Å². The average molecular weight is 294 g/mol. The summed E-state index contributed by atoms with van der Waals surface area (Å²) in [5.74, 6) is 0.129. The molecular weight excluding hydrogens is 272 g/mol. The van der Waals surface area contributed by atoms with Gasteiger partial charge in [0.15, 0.2) is 5.78 Å². The molecule has 0 aromatic carbocycles. The van der Waals surface area contributed by atoms with Gasteiger partial charge in [0, 0.05) is 12.5 Å². The van der Waals surface area contributed by atoms with Crippen molar-refractivity contribution >= 4 is 17.7 Å². The number of nitrogens with one attached hydrogen (secondary N) is 1. The molecule has 2 saturated heterocycles. The maximum Gasteiger partial charge on any atom is 0.325 e. The first-order valence-electron chi connectivity index (χ1n) is 7.76. The van der Waals surface area contributed by atoms with Gasteiger partial charge in [-0.05, 0) is 38.0 Å². The number of rotatable bonds is 3. The Morgan fingerprint density at radius 1 is 1.33 bits per heavy atom. The molecule has 1 atom stereocenters. The third kappa shape index (κ3) is 2.57. The van der Waals surface area contributed by atoms with Crippen LogP contribution in [0.3, 0.4) is 0 Å². The number of ether oxygens (including phenoxy) is 1. The minimum absolute atomic E-state index is 0.0720. The molecule has 1 unspecified atom stereocenters. The van der Waals surface area contributed by atoms with Gasteiger partial charge in [-0.3, -0.25) is 14.5 Å². The zero-order valence-electron chi connectivity index (χ0n) is 12.4. The minimum atomic E-state index is -0.754. The fourth-order valence-electron chi connectivity index (χ4n) is 3.49. The first-order chi connectivity index (χ1) is 10.0. The first kappa shape index (κ1) is 14.5. The van der Waals surface area contributed by atoms with Crippen molar-refractivity contribution in [1.82, 2.24) is 10.2 Å². The van der Waals surface area contributed by atoms with Crippen LogP contribution in [0.1, 0.15) is 39.0 Å². The molecule has 116 valence electrons. The van der Waals surface area contributed by atoms with Crippen LogP contribution in [0.4, 0.5) is 4.79 Å². The second-order valence-electron chi connectivity index (χ2n) is 6.61. The molecule has 3 aliphatic rings. The van der Waals surface area contributed by atoms with Crippen LogP contribution < -0.4 is 5.32 Å². The molecule has 1 N–H and O–H groups in total. The summed E-state index contributed by atoms with van der Waals surface area (Å²) < 4.78 is 5.19. The Kier molecular flexibility index (Phi) is 3.73. The molecule has 3 amide bonds. The zero-order chi connectivity index (χ0) is 15.0. The molecule has 3 fully saturated rings. The first-order valence-corrected chi connectivity index (χ1v) is 7.76. The van der Waals surface area contributed by atoms with Crippen LogP contribution in [-0.2, 0) is 14.3 Å². The zero-order valence-corrected chi connectivity index (χ0v) is 12.4. The number of amides is 3. The number of carbonyl (C=O) groups is 3. The summed E-state index contributed by atoms with van der Waals surface area (Å²) in [5.41, 5.74) is -0.754. The van der Waals surface area contributed by atoms with Crippen LogP contribution >= 0.6 is 0 Å². The Labute approximate surface area is 124 Å². The van der Waals surface area contributed by atoms with Gasteiger partial charge in [-0.1, -0.05) is 6.92 Å². The Morgan fingerprint density at radius 2 is 2.05 bits per heavy atom. The van der Waals surface area contributed by atoms with Gasteiger partial charge in [-0.15, -0.1) is 0 Å². The molecule has 2 heterocycles. The quantitative estimate of drug-likeness (QED) is 0.791. The standard InChI is InChI=1S/C15H22N2O4/c1-10-2-5-15(6-3-10)13(19)17(14(20)16-15)8-12(18)11-4-7-21-9-11/h10-11H,2-9H2,1H3,(H,16,20). The van der Waals surface area contributed by atoms with E-state index in [1.165, 1.54) is 0 Å². The largest absolute Gasteiger partial charge is 0.381 e. The molecule has 1 aliphatic carbocycles. The van der Waals surface area contributed by atoms with Crippen LogP contribution in [-0.4, -0.2) is 47.9 Å². The second kappa shape index (κ2) is 5.40. The molecule has 6 heteroatoms. The summed E-state index contributed by atoms with van der Waals surface area (Å²) >= 11 is 0. The van der Waals surface area contributed by atoms with E-state index in [0.717, 1.165) is 17.7 Å². The molecular formula is C15H22N2O4. The lowest BCUT2D eigenvalue weighted by Gasteiger charge is -2.33. The molecule has 3 rings (SSSR count). The predicted molar refractivity (Wildman–Crippen MR) is 74.5 cm³/mol. The fourth-order valence-corrected chi connectivity index (χ4v) is 3.49. The van der Waals surface area contributed by atoms with Crippen molar-refractivity contribution in [2.75, 3.05) is 19.8 Å². The highest BCUT2D eigenvalue weighted by Crippen LogP contribution is 2.36. The van der Waals surface area contributed by atoms with Crippen molar-refractivity contribution in [2.45, 2.75) is 44.6 Å². The number of hydrogen-bond acceptors (Lipinski definition) is 4. The Balaban J connectivity index is 1.67. The number of nitrogens with zero attached hydrogens (tertiary/aromatic N) is 1. The Hall–Kier alpha value is -1.43. The van der Waals surface area contributed by atoms with Gasteiger partial charge >= 0.3 is 6.03 Å². The van der Waals surface area contributed by atoms with E-state index in [2.05, 4.69) is 12.2 Å². The van der Waals surface area contributed by atoms with E-state index in [9.17, 15) is 14.4 Å². The van der Waals surface area contributed by atoms with Crippen molar-refractivity contribution < 1.29 is 19.1 Å². The lowest BCUT2D eigenvalue weighted by Crippen LogP contribution is -2.49. The Bertz CT molecular complexity index is 462. The molecule has 0 bridgehead atoms. The topological polar surface area (TPSA) is 75.7 Å². The van der Waals surface area contributed by atoms with E-state index in [1.807, 2.05) is 0 Å². The van der Waals surface area contributed by atoms with E-state index >= 15 is 0 Å². The van der Waals surface area contributed by atoms with Crippen LogP contribution in [0, 0.1) is 11.8 Å². The maximum atomic E-state index is 12.6. The highest BCUT2D eigenvalue weighted by atomic mass is 16.5. The molecule has 1 saturated carbocycles. The molecule has 2 aliphatic heterocycles. The van der Waals surface area contributed by atoms with E-state index in [0.29, 0.717) is 38.4 Å². The monoisotopic (exact) mass is 294 g/mol. The number of carbonyl (C=O) groups excluding carboxylic acids is 3. The second-order valence-corrected chi connectivity index (χ2v) is 6.61. The number of hydrogen-bond donors (Lipinski definition) is 1. The molecule has 1 spiro atoms. The molecule has 0 aromatic heterocycles. The maximum absolute atomic E-state index is 12.6. The van der Waals surface area contributed by atoms with Gasteiger partial charge in [0.2, 0.25) is 0 Å². The lowest BCUT2D eigenvalue weighted by atomic mass is 9.77. The summed E-state index contributed by atoms with van der Waals surface area (Å²) in [7, 11) is 0. The summed E-state index contributed by atoms with van der Waals surface area (Å²) in [4.78, 5) is 38.0. The molecule has 6 nitrogen and oxygen atoms in total. The van der Waals surface area contributed by atoms with Crippen molar-refractivity contribution in [3.05, 3.63) is 0 Å². The third-order valence-corrected chi connectivity index (χ3v) is 5.07. The fraction of sp³-hybridized carbons (Fsp3) is 0.800. The minimum Gasteiger partial charge on any atom is -0.381 e. The smallest absolute Gasteiger partial charge is 0.325 e. The number of imide groups is 1. The summed E-state index contributed by atoms with van der Waals surface area (Å²) in [6, 6.07) is -0.415. The Morgan fingerprint density at radius 3 is 2.67 bits per heavy atom. The van der Waals surface area contributed by atoms with Gasteiger partial charge in [0.05, 0.1) is 13.2 Å². The average Bonchev–Trinajstić information content (AvgIpc) is 3.06. The summed E-state index contributed by atoms with van der Waals surface area (Å²) in [6.07, 6.45) is 3.91. The molecule has 0 radical (unpaired) electrons. The van der Waals surface area contributed by atoms with Gasteiger partial charge in [0.1, 0.15) is 5.54 Å². The number of urea groups is 1. The predicted octanol–water partition coefficient (Wildman–Crippen LogP) is 1.09. The third-order valence-electron chi connectivity index (χ3n) is 5.07. The van der Waals surface area contributed by atoms with Gasteiger partial charge in [-0.2, -0.15) is 0 Å². The van der Waals surface area contributed by atoms with E-state index in [4.69, 9.17) is 4.74 Å². The van der Waals surface area contributed by atoms with Crippen molar-refractivity contribution in [3.8, 4) is 0 Å². The van der Waals surface area contributed by atoms with Crippen LogP contribution in [0.2, 0.25) is 0 Å². The van der Waals surface area contributed by atoms with Crippen LogP contribution in [0.15, 0.2) is 0 Å². The highest BCUT2D eigenvalue weighted by Gasteiger charge is 2.52. The van der Waals surface area contributed by atoms with E-state index in [-0.39, 0.29) is 24.2 Å². The number of Topliss-reactive ketones (excluding diaryl/α,β-unsaturated/α-hetero) is 1. The molecule has 21 heavy (non-hydrogen) atoms. The highest BCUT2D eigenvalue weighted by molar-refractivity contribution is 6.09. The summed E-state index contributed by atoms with van der Waals surface area (Å²) in [5, 5.41) is 2.84. The SMILES string of the molecule is CC1CCC2(CC1)NC(=O)N(CC(=O)C1CCOC1)C2=O. The summed E-state index contributed by atoms with van der Waals surface area (Å²) in [6.45, 7) is 3.04. The van der Waals surface area contributed by atoms with Crippen molar-refractivity contribution in [3.63, 3.8) is 0 Å². The van der Waals surface area contributed by atoms with Gasteiger partial charge < -0.3 is 10.1 Å². The van der Waals surface area contributed by atoms with Crippen LogP contribution in [0.25, 0.3) is 0 Å². The normalized spacial score (nSPS) is 36.3. The molecule has 0 aromatic rings. The van der Waals surface area contributed by atoms with E-state index in [1.54, 1.807) is 0 Å².